The van der Waals surface area contributed by atoms with Gasteiger partial charge in [0.05, 0.1) is 5.92 Å². The molecule has 2 atom stereocenters. The molecule has 19 heavy (non-hydrogen) atoms. The first-order valence-corrected chi connectivity index (χ1v) is 6.25. The molecule has 0 spiro atoms. The standard InChI is InChI=1S/C14H16FNO3/c1-9-6-11(14(18)19)8-16(7-9)13(17)10-2-4-12(15)5-3-10/h2-5,9,11H,6-8H2,1H3,(H,18,19). The lowest BCUT2D eigenvalue weighted by atomic mass is 9.90. The van der Waals surface area contributed by atoms with Crippen molar-refractivity contribution in [3.05, 3.63) is 35.6 Å². The van der Waals surface area contributed by atoms with Crippen LogP contribution in [0.4, 0.5) is 4.39 Å². The zero-order valence-corrected chi connectivity index (χ0v) is 10.7. The van der Waals surface area contributed by atoms with E-state index in [1.165, 1.54) is 24.3 Å². The molecule has 1 saturated heterocycles. The normalized spacial score (nSPS) is 23.2. The number of benzene rings is 1. The molecular formula is C14H16FNO3. The van der Waals surface area contributed by atoms with Crippen LogP contribution in [0.25, 0.3) is 0 Å². The molecular weight excluding hydrogens is 249 g/mol. The molecule has 1 fully saturated rings. The highest BCUT2D eigenvalue weighted by Gasteiger charge is 2.32. The minimum absolute atomic E-state index is 0.152. The average Bonchev–Trinajstić information content (AvgIpc) is 2.38. The Bertz CT molecular complexity index is 486. The van der Waals surface area contributed by atoms with Gasteiger partial charge in [-0.25, -0.2) is 4.39 Å². The van der Waals surface area contributed by atoms with Gasteiger partial charge in [-0.15, -0.1) is 0 Å². The predicted molar refractivity (Wildman–Crippen MR) is 67.2 cm³/mol. The van der Waals surface area contributed by atoms with Gasteiger partial charge in [-0.1, -0.05) is 6.92 Å². The number of nitrogens with zero attached hydrogens (tertiary/aromatic N) is 1. The fourth-order valence-corrected chi connectivity index (χ4v) is 2.47. The first-order chi connectivity index (χ1) is 8.97. The third kappa shape index (κ3) is 3.10. The average molecular weight is 265 g/mol. The lowest BCUT2D eigenvalue weighted by molar-refractivity contribution is -0.143. The van der Waals surface area contributed by atoms with Crippen LogP contribution in [0.15, 0.2) is 24.3 Å². The Morgan fingerprint density at radius 3 is 2.47 bits per heavy atom. The number of carboxylic acid groups (broad SMARTS) is 1. The van der Waals surface area contributed by atoms with Gasteiger partial charge in [0.25, 0.3) is 5.91 Å². The van der Waals surface area contributed by atoms with Gasteiger partial charge in [0.2, 0.25) is 0 Å². The van der Waals surface area contributed by atoms with Gasteiger partial charge >= 0.3 is 5.97 Å². The predicted octanol–water partition coefficient (Wildman–Crippen LogP) is 2.01. The molecule has 0 bridgehead atoms. The summed E-state index contributed by atoms with van der Waals surface area (Å²) >= 11 is 0. The maximum atomic E-state index is 12.8. The van der Waals surface area contributed by atoms with Gasteiger partial charge in [0, 0.05) is 18.7 Å². The van der Waals surface area contributed by atoms with Gasteiger partial charge in [-0.3, -0.25) is 9.59 Å². The lowest BCUT2D eigenvalue weighted by Crippen LogP contribution is -2.45. The van der Waals surface area contributed by atoms with E-state index in [0.717, 1.165) is 0 Å². The molecule has 2 unspecified atom stereocenters. The van der Waals surface area contributed by atoms with Gasteiger partial charge in [-0.05, 0) is 36.6 Å². The summed E-state index contributed by atoms with van der Waals surface area (Å²) in [7, 11) is 0. The van der Waals surface area contributed by atoms with Crippen molar-refractivity contribution < 1.29 is 19.1 Å². The topological polar surface area (TPSA) is 57.6 Å². The van der Waals surface area contributed by atoms with Crippen molar-refractivity contribution in [2.24, 2.45) is 11.8 Å². The van der Waals surface area contributed by atoms with E-state index in [0.29, 0.717) is 18.5 Å². The van der Waals surface area contributed by atoms with Crippen LogP contribution in [0, 0.1) is 17.7 Å². The summed E-state index contributed by atoms with van der Waals surface area (Å²) in [5.74, 6) is -1.87. The Balaban J connectivity index is 2.14. The van der Waals surface area contributed by atoms with Crippen LogP contribution >= 0.6 is 0 Å². The van der Waals surface area contributed by atoms with Crippen molar-refractivity contribution in [1.82, 2.24) is 4.90 Å². The van der Waals surface area contributed by atoms with Crippen molar-refractivity contribution >= 4 is 11.9 Å². The van der Waals surface area contributed by atoms with Crippen molar-refractivity contribution in [3.63, 3.8) is 0 Å². The molecule has 1 aromatic carbocycles. The SMILES string of the molecule is CC1CC(C(=O)O)CN(C(=O)c2ccc(F)cc2)C1. The molecule has 5 heteroatoms. The number of piperidine rings is 1. The number of amides is 1. The van der Waals surface area contributed by atoms with Crippen molar-refractivity contribution in [2.75, 3.05) is 13.1 Å². The highest BCUT2D eigenvalue weighted by Crippen LogP contribution is 2.23. The number of carboxylic acids is 1. The Kier molecular flexibility index (Phi) is 3.83. The van der Waals surface area contributed by atoms with E-state index in [-0.39, 0.29) is 18.4 Å². The van der Waals surface area contributed by atoms with Crippen LogP contribution in [0.3, 0.4) is 0 Å². The van der Waals surface area contributed by atoms with Crippen molar-refractivity contribution in [2.45, 2.75) is 13.3 Å². The lowest BCUT2D eigenvalue weighted by Gasteiger charge is -2.34. The third-order valence-corrected chi connectivity index (χ3v) is 3.39. The summed E-state index contributed by atoms with van der Waals surface area (Å²) in [5.41, 5.74) is 0.389. The largest absolute Gasteiger partial charge is 0.481 e. The number of rotatable bonds is 2. The number of aliphatic carboxylic acids is 1. The molecule has 0 saturated carbocycles. The molecule has 1 amide bonds. The maximum absolute atomic E-state index is 12.8. The van der Waals surface area contributed by atoms with E-state index in [2.05, 4.69) is 0 Å². The molecule has 1 heterocycles. The second kappa shape index (κ2) is 5.38. The Morgan fingerprint density at radius 2 is 1.89 bits per heavy atom. The van der Waals surface area contributed by atoms with E-state index in [4.69, 9.17) is 5.11 Å². The molecule has 2 rings (SSSR count). The molecule has 102 valence electrons. The molecule has 1 N–H and O–H groups in total. The summed E-state index contributed by atoms with van der Waals surface area (Å²) in [5, 5.41) is 9.07. The van der Waals surface area contributed by atoms with Gasteiger partial charge in [0.15, 0.2) is 0 Å². The number of hydrogen-bond acceptors (Lipinski definition) is 2. The molecule has 0 aliphatic carbocycles. The van der Waals surface area contributed by atoms with E-state index >= 15 is 0 Å². The molecule has 0 aromatic heterocycles. The highest BCUT2D eigenvalue weighted by molar-refractivity contribution is 5.94. The van der Waals surface area contributed by atoms with Crippen LogP contribution in [0.5, 0.6) is 0 Å². The molecule has 4 nitrogen and oxygen atoms in total. The smallest absolute Gasteiger partial charge is 0.308 e. The Labute approximate surface area is 110 Å². The Hall–Kier alpha value is -1.91. The van der Waals surface area contributed by atoms with Crippen molar-refractivity contribution in [1.29, 1.82) is 0 Å². The fraction of sp³-hybridized carbons (Fsp3) is 0.429. The zero-order chi connectivity index (χ0) is 14.0. The molecule has 1 aliphatic heterocycles. The summed E-state index contributed by atoms with van der Waals surface area (Å²) < 4.78 is 12.8. The van der Waals surface area contributed by atoms with E-state index < -0.39 is 17.7 Å². The fourth-order valence-electron chi connectivity index (χ4n) is 2.47. The van der Waals surface area contributed by atoms with E-state index in [9.17, 15) is 14.0 Å². The zero-order valence-electron chi connectivity index (χ0n) is 10.7. The van der Waals surface area contributed by atoms with E-state index in [1.807, 2.05) is 6.92 Å². The second-order valence-corrected chi connectivity index (χ2v) is 5.09. The van der Waals surface area contributed by atoms with Crippen LogP contribution in [-0.2, 0) is 4.79 Å². The van der Waals surface area contributed by atoms with Crippen LogP contribution < -0.4 is 0 Å². The van der Waals surface area contributed by atoms with Crippen LogP contribution in [-0.4, -0.2) is 35.0 Å². The van der Waals surface area contributed by atoms with Crippen molar-refractivity contribution in [3.8, 4) is 0 Å². The van der Waals surface area contributed by atoms with Gasteiger partial charge < -0.3 is 10.0 Å². The highest BCUT2D eigenvalue weighted by atomic mass is 19.1. The third-order valence-electron chi connectivity index (χ3n) is 3.39. The molecule has 1 aliphatic rings. The number of halogens is 1. The first kappa shape index (κ1) is 13.5. The second-order valence-electron chi connectivity index (χ2n) is 5.09. The minimum atomic E-state index is -0.872. The molecule has 1 aromatic rings. The minimum Gasteiger partial charge on any atom is -0.481 e. The number of carbonyl (C=O) groups is 2. The molecule has 0 radical (unpaired) electrons. The van der Waals surface area contributed by atoms with Gasteiger partial charge in [-0.2, -0.15) is 0 Å². The number of carbonyl (C=O) groups excluding carboxylic acids is 1. The first-order valence-electron chi connectivity index (χ1n) is 6.25. The van der Waals surface area contributed by atoms with Crippen LogP contribution in [0.1, 0.15) is 23.7 Å². The van der Waals surface area contributed by atoms with Crippen LogP contribution in [0.2, 0.25) is 0 Å². The number of likely N-dealkylation sites (tertiary alicyclic amines) is 1. The summed E-state index contributed by atoms with van der Waals surface area (Å²) in [6.45, 7) is 2.69. The Morgan fingerprint density at radius 1 is 1.26 bits per heavy atom. The van der Waals surface area contributed by atoms with E-state index in [1.54, 1.807) is 4.90 Å². The summed E-state index contributed by atoms with van der Waals surface area (Å²) in [6, 6.07) is 5.31. The van der Waals surface area contributed by atoms with Gasteiger partial charge in [0.1, 0.15) is 5.82 Å². The monoisotopic (exact) mass is 265 g/mol. The summed E-state index contributed by atoms with van der Waals surface area (Å²) in [6.07, 6.45) is 0.586. The maximum Gasteiger partial charge on any atom is 0.308 e. The number of hydrogen-bond donors (Lipinski definition) is 1. The summed E-state index contributed by atoms with van der Waals surface area (Å²) in [4.78, 5) is 24.8. The quantitative estimate of drug-likeness (QED) is 0.889.